The summed E-state index contributed by atoms with van der Waals surface area (Å²) in [6.07, 6.45) is 0. The summed E-state index contributed by atoms with van der Waals surface area (Å²) in [5, 5.41) is 0. The Balaban J connectivity index is 2.52. The standard InChI is InChI=1S/C15H15BrFNO/c1-9-11(4-3-5-13(9)16)15(18)12-8-10(17)6-7-14(12)19-2/h3-8,15H,18H2,1-2H3. The van der Waals surface area contributed by atoms with Gasteiger partial charge in [0.2, 0.25) is 0 Å². The fourth-order valence-electron chi connectivity index (χ4n) is 2.08. The lowest BCUT2D eigenvalue weighted by atomic mass is 9.95. The molecule has 0 aromatic heterocycles. The molecule has 0 amide bonds. The van der Waals surface area contributed by atoms with Crippen LogP contribution in [0.1, 0.15) is 22.7 Å². The summed E-state index contributed by atoms with van der Waals surface area (Å²) in [6.45, 7) is 1.98. The van der Waals surface area contributed by atoms with Crippen LogP contribution in [0.4, 0.5) is 4.39 Å². The maximum absolute atomic E-state index is 13.4. The maximum atomic E-state index is 13.4. The van der Waals surface area contributed by atoms with Crippen molar-refractivity contribution in [1.29, 1.82) is 0 Å². The molecule has 2 rings (SSSR count). The molecule has 2 aromatic rings. The predicted molar refractivity (Wildman–Crippen MR) is 77.9 cm³/mol. The van der Waals surface area contributed by atoms with Crippen LogP contribution in [0, 0.1) is 12.7 Å². The SMILES string of the molecule is COc1ccc(F)cc1C(N)c1cccc(Br)c1C. The van der Waals surface area contributed by atoms with Crippen molar-refractivity contribution in [3.8, 4) is 5.75 Å². The van der Waals surface area contributed by atoms with E-state index in [2.05, 4.69) is 15.9 Å². The van der Waals surface area contributed by atoms with Gasteiger partial charge in [-0.25, -0.2) is 4.39 Å². The van der Waals surface area contributed by atoms with Gasteiger partial charge in [-0.1, -0.05) is 28.1 Å². The lowest BCUT2D eigenvalue weighted by Gasteiger charge is -2.18. The Hall–Kier alpha value is -1.39. The average Bonchev–Trinajstić information content (AvgIpc) is 2.41. The van der Waals surface area contributed by atoms with Crippen molar-refractivity contribution in [3.05, 3.63) is 63.4 Å². The Kier molecular flexibility index (Phi) is 4.22. The molecule has 0 spiro atoms. The van der Waals surface area contributed by atoms with Crippen LogP contribution in [0.25, 0.3) is 0 Å². The second-order valence-electron chi connectivity index (χ2n) is 4.32. The van der Waals surface area contributed by atoms with Crippen molar-refractivity contribution in [2.24, 2.45) is 5.73 Å². The molecular weight excluding hydrogens is 309 g/mol. The molecule has 0 radical (unpaired) electrons. The quantitative estimate of drug-likeness (QED) is 0.928. The topological polar surface area (TPSA) is 35.2 Å². The monoisotopic (exact) mass is 323 g/mol. The van der Waals surface area contributed by atoms with Gasteiger partial charge in [0, 0.05) is 10.0 Å². The molecule has 2 aromatic carbocycles. The van der Waals surface area contributed by atoms with E-state index in [4.69, 9.17) is 10.5 Å². The Labute approximate surface area is 120 Å². The van der Waals surface area contributed by atoms with E-state index in [0.29, 0.717) is 11.3 Å². The first kappa shape index (κ1) is 14.0. The highest BCUT2D eigenvalue weighted by molar-refractivity contribution is 9.10. The van der Waals surface area contributed by atoms with Crippen LogP contribution in [0.5, 0.6) is 5.75 Å². The van der Waals surface area contributed by atoms with Crippen molar-refractivity contribution >= 4 is 15.9 Å². The third-order valence-corrected chi connectivity index (χ3v) is 4.03. The Morgan fingerprint density at radius 3 is 2.63 bits per heavy atom. The van der Waals surface area contributed by atoms with E-state index in [1.807, 2.05) is 25.1 Å². The summed E-state index contributed by atoms with van der Waals surface area (Å²) in [4.78, 5) is 0. The molecular formula is C15H15BrFNO. The van der Waals surface area contributed by atoms with Crippen LogP contribution in [-0.2, 0) is 0 Å². The van der Waals surface area contributed by atoms with Gasteiger partial charge in [0.25, 0.3) is 0 Å². The minimum absolute atomic E-state index is 0.320. The first-order valence-electron chi connectivity index (χ1n) is 5.88. The molecule has 0 bridgehead atoms. The molecule has 1 atom stereocenters. The van der Waals surface area contributed by atoms with Crippen LogP contribution in [0.15, 0.2) is 40.9 Å². The second kappa shape index (κ2) is 5.72. The zero-order chi connectivity index (χ0) is 14.0. The first-order valence-corrected chi connectivity index (χ1v) is 6.68. The van der Waals surface area contributed by atoms with E-state index in [1.165, 1.54) is 12.1 Å². The number of benzene rings is 2. The summed E-state index contributed by atoms with van der Waals surface area (Å²) in [5.74, 6) is 0.271. The van der Waals surface area contributed by atoms with Crippen molar-refractivity contribution < 1.29 is 9.13 Å². The third-order valence-electron chi connectivity index (χ3n) is 3.17. The van der Waals surface area contributed by atoms with E-state index in [9.17, 15) is 4.39 Å². The first-order chi connectivity index (χ1) is 9.04. The van der Waals surface area contributed by atoms with Gasteiger partial charge in [0.05, 0.1) is 13.2 Å². The van der Waals surface area contributed by atoms with Gasteiger partial charge in [-0.2, -0.15) is 0 Å². The van der Waals surface area contributed by atoms with Crippen LogP contribution in [0.2, 0.25) is 0 Å². The van der Waals surface area contributed by atoms with Crippen LogP contribution in [-0.4, -0.2) is 7.11 Å². The maximum Gasteiger partial charge on any atom is 0.124 e. The molecule has 0 fully saturated rings. The molecule has 2 nitrogen and oxygen atoms in total. The van der Waals surface area contributed by atoms with Gasteiger partial charge in [-0.05, 0) is 42.3 Å². The van der Waals surface area contributed by atoms with Crippen molar-refractivity contribution in [3.63, 3.8) is 0 Å². The molecule has 19 heavy (non-hydrogen) atoms. The van der Waals surface area contributed by atoms with Gasteiger partial charge < -0.3 is 10.5 Å². The highest BCUT2D eigenvalue weighted by Gasteiger charge is 2.17. The third kappa shape index (κ3) is 2.80. The van der Waals surface area contributed by atoms with Crippen molar-refractivity contribution in [1.82, 2.24) is 0 Å². The Bertz CT molecular complexity index is 601. The molecule has 0 saturated heterocycles. The number of halogens is 2. The molecule has 2 N–H and O–H groups in total. The average molecular weight is 324 g/mol. The van der Waals surface area contributed by atoms with E-state index in [0.717, 1.165) is 15.6 Å². The zero-order valence-electron chi connectivity index (χ0n) is 10.8. The fraction of sp³-hybridized carbons (Fsp3) is 0.200. The molecule has 0 heterocycles. The summed E-state index contributed by atoms with van der Waals surface area (Å²) < 4.78 is 19.7. The number of hydrogen-bond donors (Lipinski definition) is 1. The van der Waals surface area contributed by atoms with Crippen LogP contribution < -0.4 is 10.5 Å². The van der Waals surface area contributed by atoms with E-state index < -0.39 is 6.04 Å². The summed E-state index contributed by atoms with van der Waals surface area (Å²) in [6, 6.07) is 9.76. The summed E-state index contributed by atoms with van der Waals surface area (Å²) in [5.41, 5.74) is 8.89. The normalized spacial score (nSPS) is 12.3. The fourth-order valence-corrected chi connectivity index (χ4v) is 2.46. The highest BCUT2D eigenvalue weighted by atomic mass is 79.9. The Morgan fingerprint density at radius 1 is 1.21 bits per heavy atom. The largest absolute Gasteiger partial charge is 0.496 e. The molecule has 0 aliphatic heterocycles. The van der Waals surface area contributed by atoms with E-state index in [1.54, 1.807) is 13.2 Å². The van der Waals surface area contributed by atoms with Crippen molar-refractivity contribution in [2.75, 3.05) is 7.11 Å². The van der Waals surface area contributed by atoms with E-state index in [-0.39, 0.29) is 5.82 Å². The van der Waals surface area contributed by atoms with Gasteiger partial charge in [-0.15, -0.1) is 0 Å². The molecule has 100 valence electrons. The summed E-state index contributed by atoms with van der Waals surface area (Å²) >= 11 is 3.48. The molecule has 0 aliphatic rings. The minimum atomic E-state index is -0.428. The smallest absolute Gasteiger partial charge is 0.124 e. The van der Waals surface area contributed by atoms with Gasteiger partial charge in [-0.3, -0.25) is 0 Å². The van der Waals surface area contributed by atoms with Crippen LogP contribution in [0.3, 0.4) is 0 Å². The highest BCUT2D eigenvalue weighted by Crippen LogP contribution is 2.32. The van der Waals surface area contributed by atoms with Crippen molar-refractivity contribution in [2.45, 2.75) is 13.0 Å². The molecule has 0 aliphatic carbocycles. The number of rotatable bonds is 3. The second-order valence-corrected chi connectivity index (χ2v) is 5.17. The number of ether oxygens (including phenoxy) is 1. The number of hydrogen-bond acceptors (Lipinski definition) is 2. The number of nitrogens with two attached hydrogens (primary N) is 1. The van der Waals surface area contributed by atoms with Gasteiger partial charge >= 0.3 is 0 Å². The summed E-state index contributed by atoms with van der Waals surface area (Å²) in [7, 11) is 1.55. The van der Waals surface area contributed by atoms with Crippen LogP contribution >= 0.6 is 15.9 Å². The minimum Gasteiger partial charge on any atom is -0.496 e. The van der Waals surface area contributed by atoms with Gasteiger partial charge in [0.15, 0.2) is 0 Å². The molecule has 1 unspecified atom stereocenters. The zero-order valence-corrected chi connectivity index (χ0v) is 12.4. The lowest BCUT2D eigenvalue weighted by Crippen LogP contribution is -2.15. The molecule has 4 heteroatoms. The molecule has 0 saturated carbocycles. The Morgan fingerprint density at radius 2 is 1.95 bits per heavy atom. The van der Waals surface area contributed by atoms with Gasteiger partial charge in [0.1, 0.15) is 11.6 Å². The lowest BCUT2D eigenvalue weighted by molar-refractivity contribution is 0.406. The number of methoxy groups -OCH3 is 1. The van der Waals surface area contributed by atoms with E-state index >= 15 is 0 Å². The predicted octanol–water partition coefficient (Wildman–Crippen LogP) is 3.95.